The Morgan fingerprint density at radius 2 is 1.65 bits per heavy atom. The molecule has 0 saturated heterocycles. The molecular formula is C29H41Br2Cl2NO5S. The number of aldehydes is 1. The second-order valence-electron chi connectivity index (χ2n) is 9.99. The lowest BCUT2D eigenvalue weighted by atomic mass is 9.91. The summed E-state index contributed by atoms with van der Waals surface area (Å²) in [7, 11) is 0.0672. The molecule has 0 atom stereocenters. The number of halogens is 4. The van der Waals surface area contributed by atoms with Gasteiger partial charge in [-0.05, 0) is 67.6 Å². The molecule has 0 heterocycles. The minimum Gasteiger partial charge on any atom is -0.495 e. The minimum atomic E-state index is -3.50. The second kappa shape index (κ2) is 18.6. The number of ether oxygens (including phenoxy) is 2. The van der Waals surface area contributed by atoms with Crippen molar-refractivity contribution >= 4 is 76.9 Å². The summed E-state index contributed by atoms with van der Waals surface area (Å²) >= 11 is 18.8. The van der Waals surface area contributed by atoms with E-state index in [9.17, 15) is 13.2 Å². The van der Waals surface area contributed by atoms with Crippen LogP contribution in [0.1, 0.15) is 52.0 Å². The van der Waals surface area contributed by atoms with Gasteiger partial charge in [0.05, 0.1) is 41.7 Å². The molecule has 40 heavy (non-hydrogen) atoms. The number of rotatable bonds is 12. The van der Waals surface area contributed by atoms with Gasteiger partial charge in [-0.25, -0.2) is 8.42 Å². The van der Waals surface area contributed by atoms with Crippen molar-refractivity contribution < 1.29 is 22.7 Å². The molecule has 0 bridgehead atoms. The Labute approximate surface area is 267 Å². The number of methoxy groups -OCH3 is 1. The molecule has 11 heteroatoms. The van der Waals surface area contributed by atoms with E-state index >= 15 is 0 Å². The van der Waals surface area contributed by atoms with Crippen molar-refractivity contribution in [1.29, 1.82) is 0 Å². The highest BCUT2D eigenvalue weighted by atomic mass is 79.9. The van der Waals surface area contributed by atoms with Crippen LogP contribution in [-0.4, -0.2) is 58.8 Å². The summed E-state index contributed by atoms with van der Waals surface area (Å²) in [6.07, 6.45) is 5.39. The van der Waals surface area contributed by atoms with Gasteiger partial charge in [0.15, 0.2) is 9.84 Å². The van der Waals surface area contributed by atoms with Crippen LogP contribution in [0.3, 0.4) is 0 Å². The Hall–Kier alpha value is -0.840. The predicted molar refractivity (Wildman–Crippen MR) is 175 cm³/mol. The lowest BCUT2D eigenvalue weighted by molar-refractivity contribution is -0.114. The van der Waals surface area contributed by atoms with E-state index in [0.29, 0.717) is 27.4 Å². The molecule has 1 aliphatic rings. The SMILES string of the molecule is BrCCOCCBr.CCC(C)(C)C=O.COc1cc(CS(=O)(=O)c2ccc(Cl)cc2)cc(Cl)c1N(C)C1CCC1. The number of carbonyl (C=O) groups is 1. The van der Waals surface area contributed by atoms with E-state index in [4.69, 9.17) is 32.7 Å². The predicted octanol–water partition coefficient (Wildman–Crippen LogP) is 8.38. The standard InChI is InChI=1S/C19H21Cl2NO3S.C6H12O.C4H8Br2O/c1-22(15-4-3-5-15)19-17(21)10-13(11-18(19)25-2)12-26(23,24)16-8-6-14(20)7-9-16;1-4-6(2,3)5-7;5-1-3-7-4-2-6/h6-11,15H,3-5,12H2,1-2H3;5H,4H2,1-3H3;1-4H2. The van der Waals surface area contributed by atoms with Gasteiger partial charge < -0.3 is 19.2 Å². The summed E-state index contributed by atoms with van der Waals surface area (Å²) in [6.45, 7) is 7.49. The van der Waals surface area contributed by atoms with Gasteiger partial charge in [-0.15, -0.1) is 0 Å². The molecule has 1 saturated carbocycles. The van der Waals surface area contributed by atoms with Crippen LogP contribution in [0, 0.1) is 5.41 Å². The van der Waals surface area contributed by atoms with Gasteiger partial charge in [0, 0.05) is 34.2 Å². The van der Waals surface area contributed by atoms with Gasteiger partial charge in [0.1, 0.15) is 12.0 Å². The Balaban J connectivity index is 0.000000473. The minimum absolute atomic E-state index is 0.0972. The van der Waals surface area contributed by atoms with Gasteiger partial charge in [-0.3, -0.25) is 0 Å². The highest BCUT2D eigenvalue weighted by Crippen LogP contribution is 2.41. The number of benzene rings is 2. The van der Waals surface area contributed by atoms with Gasteiger partial charge in [0.25, 0.3) is 0 Å². The first-order valence-electron chi connectivity index (χ1n) is 13.1. The lowest BCUT2D eigenvalue weighted by Crippen LogP contribution is -2.37. The number of sulfone groups is 1. The monoisotopic (exact) mass is 743 g/mol. The largest absolute Gasteiger partial charge is 0.495 e. The normalized spacial score (nSPS) is 13.2. The van der Waals surface area contributed by atoms with Gasteiger partial charge >= 0.3 is 0 Å². The highest BCUT2D eigenvalue weighted by Gasteiger charge is 2.27. The fourth-order valence-corrected chi connectivity index (χ4v) is 5.68. The summed E-state index contributed by atoms with van der Waals surface area (Å²) in [6, 6.07) is 10.1. The first-order chi connectivity index (χ1) is 18.8. The number of hydrogen-bond donors (Lipinski definition) is 0. The molecule has 6 nitrogen and oxygen atoms in total. The molecule has 1 aliphatic carbocycles. The Kier molecular flexibility index (Phi) is 17.3. The molecule has 2 aromatic carbocycles. The van der Waals surface area contributed by atoms with Crippen LogP contribution < -0.4 is 9.64 Å². The van der Waals surface area contributed by atoms with Crippen molar-refractivity contribution in [3.63, 3.8) is 0 Å². The number of hydrogen-bond acceptors (Lipinski definition) is 6. The quantitative estimate of drug-likeness (QED) is 0.124. The molecule has 226 valence electrons. The summed E-state index contributed by atoms with van der Waals surface area (Å²) < 4.78 is 35.9. The molecule has 0 radical (unpaired) electrons. The van der Waals surface area contributed by atoms with E-state index in [2.05, 4.69) is 36.8 Å². The smallest absolute Gasteiger partial charge is 0.182 e. The first kappa shape index (κ1) is 37.2. The van der Waals surface area contributed by atoms with Crippen LogP contribution in [-0.2, 0) is 25.1 Å². The summed E-state index contributed by atoms with van der Waals surface area (Å²) in [4.78, 5) is 12.4. The van der Waals surface area contributed by atoms with E-state index in [1.807, 2.05) is 27.8 Å². The Morgan fingerprint density at radius 1 is 1.07 bits per heavy atom. The number of carbonyl (C=O) groups excluding carboxylic acids is 1. The molecule has 0 aromatic heterocycles. The van der Waals surface area contributed by atoms with Crippen molar-refractivity contribution in [3.8, 4) is 5.75 Å². The Morgan fingerprint density at radius 3 is 2.05 bits per heavy atom. The third kappa shape index (κ3) is 12.6. The highest BCUT2D eigenvalue weighted by molar-refractivity contribution is 9.09. The second-order valence-corrected chi connectivity index (χ2v) is 14.4. The molecule has 0 spiro atoms. The van der Waals surface area contributed by atoms with Crippen molar-refractivity contribution in [1.82, 2.24) is 0 Å². The van der Waals surface area contributed by atoms with E-state index in [1.54, 1.807) is 31.4 Å². The van der Waals surface area contributed by atoms with Crippen molar-refractivity contribution in [2.24, 2.45) is 5.41 Å². The van der Waals surface area contributed by atoms with Crippen LogP contribution in [0.2, 0.25) is 10.0 Å². The zero-order valence-electron chi connectivity index (χ0n) is 23.9. The van der Waals surface area contributed by atoms with Crippen LogP contribution in [0.25, 0.3) is 0 Å². The van der Waals surface area contributed by atoms with E-state index in [0.717, 1.165) is 55.1 Å². The zero-order chi connectivity index (χ0) is 30.3. The van der Waals surface area contributed by atoms with Crippen molar-refractivity contribution in [3.05, 3.63) is 52.0 Å². The number of anilines is 1. The van der Waals surface area contributed by atoms with Crippen molar-refractivity contribution in [2.75, 3.05) is 42.9 Å². The molecular weight excluding hydrogens is 705 g/mol. The summed E-state index contributed by atoms with van der Waals surface area (Å²) in [5.74, 6) is 0.436. The van der Waals surface area contributed by atoms with E-state index in [-0.39, 0.29) is 16.1 Å². The molecule has 0 N–H and O–H groups in total. The third-order valence-electron chi connectivity index (χ3n) is 6.49. The maximum absolute atomic E-state index is 12.7. The summed E-state index contributed by atoms with van der Waals surface area (Å²) in [5.41, 5.74) is 1.30. The van der Waals surface area contributed by atoms with Gasteiger partial charge in [-0.2, -0.15) is 0 Å². The molecule has 1 fully saturated rings. The number of alkyl halides is 2. The number of nitrogens with zero attached hydrogens (tertiary/aromatic N) is 1. The van der Waals surface area contributed by atoms with Crippen LogP contribution in [0.4, 0.5) is 5.69 Å². The lowest BCUT2D eigenvalue weighted by Gasteiger charge is -2.37. The molecule has 0 aliphatic heterocycles. The molecule has 0 unspecified atom stereocenters. The Bertz CT molecular complexity index is 1140. The van der Waals surface area contributed by atoms with Crippen LogP contribution >= 0.6 is 55.1 Å². The van der Waals surface area contributed by atoms with Crippen LogP contribution in [0.15, 0.2) is 41.3 Å². The fourth-order valence-electron chi connectivity index (χ4n) is 3.40. The maximum Gasteiger partial charge on any atom is 0.182 e. The van der Waals surface area contributed by atoms with Gasteiger partial charge in [0.2, 0.25) is 0 Å². The molecule has 0 amide bonds. The molecule has 3 rings (SSSR count). The van der Waals surface area contributed by atoms with Crippen LogP contribution in [0.5, 0.6) is 5.75 Å². The summed E-state index contributed by atoms with van der Waals surface area (Å²) in [5, 5.41) is 2.86. The van der Waals surface area contributed by atoms with Gasteiger partial charge in [-0.1, -0.05) is 75.8 Å². The van der Waals surface area contributed by atoms with E-state index < -0.39 is 9.84 Å². The third-order valence-corrected chi connectivity index (χ3v) is 9.38. The topological polar surface area (TPSA) is 72.9 Å². The molecule has 2 aromatic rings. The average molecular weight is 746 g/mol. The van der Waals surface area contributed by atoms with Crippen molar-refractivity contribution in [2.45, 2.75) is 63.1 Å². The first-order valence-corrected chi connectivity index (χ1v) is 17.7. The maximum atomic E-state index is 12.7. The fraction of sp³-hybridized carbons (Fsp3) is 0.552. The van der Waals surface area contributed by atoms with E-state index in [1.165, 1.54) is 18.6 Å². The zero-order valence-corrected chi connectivity index (χ0v) is 29.4. The average Bonchev–Trinajstić information content (AvgIpc) is 2.88.